The topological polar surface area (TPSA) is 93.2 Å². The number of hydrogen-bond donors (Lipinski definition) is 2. The summed E-state index contributed by atoms with van der Waals surface area (Å²) >= 11 is 0. The van der Waals surface area contributed by atoms with Crippen molar-refractivity contribution < 1.29 is 9.59 Å². The predicted octanol–water partition coefficient (Wildman–Crippen LogP) is -1.23. The van der Waals surface area contributed by atoms with Crippen LogP contribution >= 0.6 is 0 Å². The number of carbonyl (C=O) groups is 2. The van der Waals surface area contributed by atoms with Crippen LogP contribution < -0.4 is 11.1 Å². The second-order valence-corrected chi connectivity index (χ2v) is 4.42. The molecule has 0 aliphatic carbocycles. The summed E-state index contributed by atoms with van der Waals surface area (Å²) in [4.78, 5) is 25.3. The van der Waals surface area contributed by atoms with Crippen molar-refractivity contribution in [2.45, 2.75) is 19.0 Å². The van der Waals surface area contributed by atoms with E-state index >= 15 is 0 Å². The number of hydrogen-bond acceptors (Lipinski definition) is 4. The van der Waals surface area contributed by atoms with Crippen LogP contribution in [0.4, 0.5) is 0 Å². The third-order valence-electron chi connectivity index (χ3n) is 3.13. The zero-order chi connectivity index (χ0) is 13.3. The van der Waals surface area contributed by atoms with Gasteiger partial charge in [0.05, 0.1) is 6.20 Å². The summed E-state index contributed by atoms with van der Waals surface area (Å²) in [6.45, 7) is 2.65. The fourth-order valence-electron chi connectivity index (χ4n) is 2.01. The SMILES string of the molecule is CC1C(=O)NCCN1C(=O)C(N)c1cnn(C)c1. The van der Waals surface area contributed by atoms with Crippen LogP contribution in [0, 0.1) is 0 Å². The Hall–Kier alpha value is -1.89. The molecule has 98 valence electrons. The van der Waals surface area contributed by atoms with Crippen molar-refractivity contribution in [3.63, 3.8) is 0 Å². The quantitative estimate of drug-likeness (QED) is 0.688. The molecule has 1 aliphatic heterocycles. The Bertz CT molecular complexity index is 470. The smallest absolute Gasteiger partial charge is 0.244 e. The van der Waals surface area contributed by atoms with Crippen molar-refractivity contribution in [1.29, 1.82) is 0 Å². The molecule has 1 fully saturated rings. The van der Waals surface area contributed by atoms with Gasteiger partial charge in [-0.15, -0.1) is 0 Å². The van der Waals surface area contributed by atoms with E-state index in [4.69, 9.17) is 5.73 Å². The number of rotatable bonds is 2. The Labute approximate surface area is 105 Å². The number of carbonyl (C=O) groups excluding carboxylic acids is 2. The summed E-state index contributed by atoms with van der Waals surface area (Å²) in [6.07, 6.45) is 3.27. The fourth-order valence-corrected chi connectivity index (χ4v) is 2.01. The minimum absolute atomic E-state index is 0.145. The summed E-state index contributed by atoms with van der Waals surface area (Å²) in [6, 6.07) is -1.25. The van der Waals surface area contributed by atoms with Gasteiger partial charge in [0.2, 0.25) is 11.8 Å². The van der Waals surface area contributed by atoms with Crippen LogP contribution in [0.2, 0.25) is 0 Å². The maximum absolute atomic E-state index is 12.2. The zero-order valence-corrected chi connectivity index (χ0v) is 10.5. The lowest BCUT2D eigenvalue weighted by atomic mass is 10.1. The van der Waals surface area contributed by atoms with E-state index in [1.165, 1.54) is 4.90 Å². The largest absolute Gasteiger partial charge is 0.353 e. The van der Waals surface area contributed by atoms with Gasteiger partial charge >= 0.3 is 0 Å². The van der Waals surface area contributed by atoms with Crippen molar-refractivity contribution in [3.05, 3.63) is 18.0 Å². The third kappa shape index (κ3) is 2.21. The van der Waals surface area contributed by atoms with Crippen molar-refractivity contribution >= 4 is 11.8 Å². The van der Waals surface area contributed by atoms with Gasteiger partial charge in [-0.25, -0.2) is 0 Å². The third-order valence-corrected chi connectivity index (χ3v) is 3.13. The normalized spacial score (nSPS) is 21.6. The lowest BCUT2D eigenvalue weighted by Crippen LogP contribution is -2.57. The van der Waals surface area contributed by atoms with Crippen LogP contribution in [0.3, 0.4) is 0 Å². The average Bonchev–Trinajstić information content (AvgIpc) is 2.77. The van der Waals surface area contributed by atoms with Gasteiger partial charge < -0.3 is 16.0 Å². The molecule has 0 aromatic carbocycles. The van der Waals surface area contributed by atoms with Gasteiger partial charge in [-0.3, -0.25) is 14.3 Å². The first-order valence-electron chi connectivity index (χ1n) is 5.83. The van der Waals surface area contributed by atoms with Crippen molar-refractivity contribution in [1.82, 2.24) is 20.0 Å². The van der Waals surface area contributed by atoms with Crippen LogP contribution in [0.5, 0.6) is 0 Å². The molecular weight excluding hydrogens is 234 g/mol. The highest BCUT2D eigenvalue weighted by Crippen LogP contribution is 2.15. The van der Waals surface area contributed by atoms with E-state index in [0.29, 0.717) is 18.7 Å². The number of nitrogens with zero attached hydrogens (tertiary/aromatic N) is 3. The molecule has 0 saturated carbocycles. The van der Waals surface area contributed by atoms with Gasteiger partial charge in [0.15, 0.2) is 0 Å². The monoisotopic (exact) mass is 251 g/mol. The zero-order valence-electron chi connectivity index (χ0n) is 10.5. The molecule has 0 radical (unpaired) electrons. The van der Waals surface area contributed by atoms with E-state index in [-0.39, 0.29) is 11.8 Å². The molecule has 2 atom stereocenters. The molecule has 0 bridgehead atoms. The van der Waals surface area contributed by atoms with Crippen LogP contribution in [-0.4, -0.2) is 45.6 Å². The van der Waals surface area contributed by atoms with E-state index < -0.39 is 12.1 Å². The number of aryl methyl sites for hydroxylation is 1. The molecule has 7 nitrogen and oxygen atoms in total. The molecule has 1 saturated heterocycles. The first-order valence-corrected chi connectivity index (χ1v) is 5.83. The number of amides is 2. The number of piperazine rings is 1. The Balaban J connectivity index is 2.13. The molecule has 1 aromatic heterocycles. The summed E-state index contributed by atoms with van der Waals surface area (Å²) in [5.74, 6) is -0.390. The highest BCUT2D eigenvalue weighted by molar-refractivity contribution is 5.90. The first kappa shape index (κ1) is 12.6. The van der Waals surface area contributed by atoms with E-state index in [9.17, 15) is 9.59 Å². The van der Waals surface area contributed by atoms with Gasteiger partial charge in [0.1, 0.15) is 12.1 Å². The molecular formula is C11H17N5O2. The van der Waals surface area contributed by atoms with Crippen molar-refractivity contribution in [2.75, 3.05) is 13.1 Å². The molecule has 7 heteroatoms. The summed E-state index contributed by atoms with van der Waals surface area (Å²) in [5.41, 5.74) is 6.57. The maximum Gasteiger partial charge on any atom is 0.244 e. The van der Waals surface area contributed by atoms with Gasteiger partial charge in [-0.05, 0) is 6.92 Å². The number of nitrogens with two attached hydrogens (primary N) is 1. The Morgan fingerprint density at radius 1 is 1.67 bits per heavy atom. The van der Waals surface area contributed by atoms with Crippen LogP contribution in [0.1, 0.15) is 18.5 Å². The molecule has 3 N–H and O–H groups in total. The highest BCUT2D eigenvalue weighted by atomic mass is 16.2. The van der Waals surface area contributed by atoms with Gasteiger partial charge in [0, 0.05) is 31.9 Å². The van der Waals surface area contributed by atoms with E-state index in [1.807, 2.05) is 0 Å². The van der Waals surface area contributed by atoms with Gasteiger partial charge in [0.25, 0.3) is 0 Å². The van der Waals surface area contributed by atoms with Gasteiger partial charge in [-0.1, -0.05) is 0 Å². The minimum Gasteiger partial charge on any atom is -0.353 e. The summed E-state index contributed by atoms with van der Waals surface area (Å²) < 4.78 is 1.59. The standard InChI is InChI=1S/C11H17N5O2/c1-7-10(17)13-3-4-16(7)11(18)9(12)8-5-14-15(2)6-8/h5-7,9H,3-4,12H2,1-2H3,(H,13,17). The Morgan fingerprint density at radius 2 is 2.39 bits per heavy atom. The number of nitrogens with one attached hydrogen (secondary N) is 1. The van der Waals surface area contributed by atoms with Crippen molar-refractivity contribution in [3.8, 4) is 0 Å². The molecule has 18 heavy (non-hydrogen) atoms. The molecule has 0 spiro atoms. The lowest BCUT2D eigenvalue weighted by molar-refractivity contribution is -0.143. The van der Waals surface area contributed by atoms with Crippen molar-refractivity contribution in [2.24, 2.45) is 12.8 Å². The molecule has 2 unspecified atom stereocenters. The van der Waals surface area contributed by atoms with Crippen LogP contribution in [-0.2, 0) is 16.6 Å². The summed E-state index contributed by atoms with van der Waals surface area (Å²) in [5, 5.41) is 6.70. The minimum atomic E-state index is -0.771. The number of aromatic nitrogens is 2. The second-order valence-electron chi connectivity index (χ2n) is 4.42. The van der Waals surface area contributed by atoms with Gasteiger partial charge in [-0.2, -0.15) is 5.10 Å². The van der Waals surface area contributed by atoms with Crippen LogP contribution in [0.25, 0.3) is 0 Å². The maximum atomic E-state index is 12.2. The Morgan fingerprint density at radius 3 is 3.00 bits per heavy atom. The van der Waals surface area contributed by atoms with Crippen LogP contribution in [0.15, 0.2) is 12.4 Å². The highest BCUT2D eigenvalue weighted by Gasteiger charge is 2.32. The molecule has 1 aromatic rings. The van der Waals surface area contributed by atoms with E-state index in [1.54, 1.807) is 31.0 Å². The van der Waals surface area contributed by atoms with E-state index in [2.05, 4.69) is 10.4 Å². The molecule has 1 aliphatic rings. The molecule has 2 rings (SSSR count). The molecule has 2 amide bonds. The average molecular weight is 251 g/mol. The predicted molar refractivity (Wildman–Crippen MR) is 64.3 cm³/mol. The second kappa shape index (κ2) is 4.77. The fraction of sp³-hybridized carbons (Fsp3) is 0.545. The Kier molecular flexibility index (Phi) is 3.33. The molecule has 2 heterocycles. The first-order chi connectivity index (χ1) is 8.50. The lowest BCUT2D eigenvalue weighted by Gasteiger charge is -2.34. The van der Waals surface area contributed by atoms with E-state index in [0.717, 1.165) is 0 Å². The summed E-state index contributed by atoms with van der Waals surface area (Å²) in [7, 11) is 1.76.